The Bertz CT molecular complexity index is 558. The molecule has 0 aromatic heterocycles. The number of hydrogen-bond acceptors (Lipinski definition) is 2. The molecule has 0 fully saturated rings. The number of rotatable bonds is 5. The summed E-state index contributed by atoms with van der Waals surface area (Å²) in [6.45, 7) is 1.66. The molecule has 0 amide bonds. The third-order valence-electron chi connectivity index (χ3n) is 2.78. The molecule has 0 aliphatic heterocycles. The number of halogens is 2. The minimum Gasteiger partial charge on any atom is -0.497 e. The fraction of sp³-hybridized carbons (Fsp3) is 0.200. The molecule has 2 aromatic carbocycles. The largest absolute Gasteiger partial charge is 0.497 e. The van der Waals surface area contributed by atoms with Crippen LogP contribution in [0.1, 0.15) is 11.1 Å². The molecule has 0 aliphatic carbocycles. The van der Waals surface area contributed by atoms with Crippen LogP contribution in [0, 0.1) is 0 Å². The zero-order valence-corrected chi connectivity index (χ0v) is 13.8. The molecule has 1 N–H and O–H groups in total. The maximum atomic E-state index is 5.21. The van der Waals surface area contributed by atoms with Crippen LogP contribution in [-0.2, 0) is 13.1 Å². The molecule has 0 saturated carbocycles. The molecule has 0 saturated heterocycles. The SMILES string of the molecule is COc1cccc(CNCc2ccc(Br)c(Br)c2)c1. The van der Waals surface area contributed by atoms with Crippen LogP contribution in [0.5, 0.6) is 5.75 Å². The van der Waals surface area contributed by atoms with Crippen molar-refractivity contribution in [3.8, 4) is 5.75 Å². The number of hydrogen-bond donors (Lipinski definition) is 1. The first-order valence-electron chi connectivity index (χ1n) is 5.96. The van der Waals surface area contributed by atoms with Crippen molar-refractivity contribution < 1.29 is 4.74 Å². The Labute approximate surface area is 130 Å². The Balaban J connectivity index is 1.90. The summed E-state index contributed by atoms with van der Waals surface area (Å²) in [5.41, 5.74) is 2.47. The van der Waals surface area contributed by atoms with E-state index in [1.807, 2.05) is 24.3 Å². The molecule has 0 atom stereocenters. The average molecular weight is 385 g/mol. The van der Waals surface area contributed by atoms with Crippen LogP contribution in [0.3, 0.4) is 0 Å². The molecule has 0 bridgehead atoms. The van der Waals surface area contributed by atoms with E-state index in [1.54, 1.807) is 7.11 Å². The molecule has 2 rings (SSSR count). The molecule has 19 heavy (non-hydrogen) atoms. The molecule has 100 valence electrons. The van der Waals surface area contributed by atoms with Gasteiger partial charge in [-0.1, -0.05) is 18.2 Å². The molecule has 0 spiro atoms. The number of ether oxygens (including phenoxy) is 1. The quantitative estimate of drug-likeness (QED) is 0.818. The van der Waals surface area contributed by atoms with Gasteiger partial charge in [0, 0.05) is 22.0 Å². The average Bonchev–Trinajstić information content (AvgIpc) is 2.43. The molecular weight excluding hydrogens is 370 g/mol. The highest BCUT2D eigenvalue weighted by molar-refractivity contribution is 9.13. The summed E-state index contributed by atoms with van der Waals surface area (Å²) in [5, 5.41) is 3.42. The summed E-state index contributed by atoms with van der Waals surface area (Å²) in [4.78, 5) is 0. The van der Waals surface area contributed by atoms with Crippen LogP contribution in [0.4, 0.5) is 0 Å². The highest BCUT2D eigenvalue weighted by Crippen LogP contribution is 2.23. The first-order valence-corrected chi connectivity index (χ1v) is 7.55. The highest BCUT2D eigenvalue weighted by Gasteiger charge is 1.99. The van der Waals surface area contributed by atoms with Gasteiger partial charge in [-0.05, 0) is 67.3 Å². The standard InChI is InChI=1S/C15H15Br2NO/c1-19-13-4-2-3-11(7-13)9-18-10-12-5-6-14(16)15(17)8-12/h2-8,18H,9-10H2,1H3. The Hall–Kier alpha value is -0.840. The molecule has 0 aliphatic rings. The second-order valence-corrected chi connectivity index (χ2v) is 5.91. The maximum absolute atomic E-state index is 5.21. The summed E-state index contributed by atoms with van der Waals surface area (Å²) in [5.74, 6) is 0.894. The van der Waals surface area contributed by atoms with Crippen molar-refractivity contribution in [2.75, 3.05) is 7.11 Å². The molecule has 2 aromatic rings. The van der Waals surface area contributed by atoms with Crippen molar-refractivity contribution in [3.05, 3.63) is 62.5 Å². The lowest BCUT2D eigenvalue weighted by Crippen LogP contribution is -2.12. The first-order chi connectivity index (χ1) is 9.19. The van der Waals surface area contributed by atoms with Crippen molar-refractivity contribution in [2.45, 2.75) is 13.1 Å². The van der Waals surface area contributed by atoms with Crippen molar-refractivity contribution >= 4 is 31.9 Å². The molecule has 4 heteroatoms. The highest BCUT2D eigenvalue weighted by atomic mass is 79.9. The first kappa shape index (κ1) is 14.6. The van der Waals surface area contributed by atoms with Crippen LogP contribution >= 0.6 is 31.9 Å². The maximum Gasteiger partial charge on any atom is 0.119 e. The third kappa shape index (κ3) is 4.34. The minimum absolute atomic E-state index is 0.824. The Morgan fingerprint density at radius 2 is 1.68 bits per heavy atom. The molecule has 2 nitrogen and oxygen atoms in total. The van der Waals surface area contributed by atoms with Gasteiger partial charge in [-0.3, -0.25) is 0 Å². The van der Waals surface area contributed by atoms with Gasteiger partial charge in [0.15, 0.2) is 0 Å². The van der Waals surface area contributed by atoms with Gasteiger partial charge in [0.2, 0.25) is 0 Å². The Kier molecular flexibility index (Phi) is 5.43. The number of methoxy groups -OCH3 is 1. The molecular formula is C15H15Br2NO. The number of nitrogens with one attached hydrogen (secondary N) is 1. The predicted molar refractivity (Wildman–Crippen MR) is 85.4 cm³/mol. The smallest absolute Gasteiger partial charge is 0.119 e. The van der Waals surface area contributed by atoms with Gasteiger partial charge in [-0.15, -0.1) is 0 Å². The number of benzene rings is 2. The van der Waals surface area contributed by atoms with Crippen LogP contribution < -0.4 is 10.1 Å². The zero-order valence-electron chi connectivity index (χ0n) is 10.6. The van der Waals surface area contributed by atoms with E-state index in [4.69, 9.17) is 4.74 Å². The third-order valence-corrected chi connectivity index (χ3v) is 4.66. The van der Waals surface area contributed by atoms with E-state index in [2.05, 4.69) is 55.4 Å². The normalized spacial score (nSPS) is 10.5. The summed E-state index contributed by atoms with van der Waals surface area (Å²) >= 11 is 6.98. The lowest BCUT2D eigenvalue weighted by molar-refractivity contribution is 0.414. The minimum atomic E-state index is 0.824. The van der Waals surface area contributed by atoms with E-state index in [9.17, 15) is 0 Å². The van der Waals surface area contributed by atoms with E-state index < -0.39 is 0 Å². The van der Waals surface area contributed by atoms with E-state index in [1.165, 1.54) is 11.1 Å². The van der Waals surface area contributed by atoms with Crippen molar-refractivity contribution in [3.63, 3.8) is 0 Å². The monoisotopic (exact) mass is 383 g/mol. The Morgan fingerprint density at radius 3 is 2.37 bits per heavy atom. The van der Waals surface area contributed by atoms with Crippen LogP contribution in [0.15, 0.2) is 51.4 Å². The van der Waals surface area contributed by atoms with Gasteiger partial charge >= 0.3 is 0 Å². The van der Waals surface area contributed by atoms with E-state index in [0.29, 0.717) is 0 Å². The van der Waals surface area contributed by atoms with Crippen molar-refractivity contribution in [1.29, 1.82) is 0 Å². The van der Waals surface area contributed by atoms with Gasteiger partial charge in [0.25, 0.3) is 0 Å². The Morgan fingerprint density at radius 1 is 0.947 bits per heavy atom. The van der Waals surface area contributed by atoms with Crippen molar-refractivity contribution in [2.24, 2.45) is 0 Å². The van der Waals surface area contributed by atoms with Crippen molar-refractivity contribution in [1.82, 2.24) is 5.32 Å². The van der Waals surface area contributed by atoms with Crippen LogP contribution in [0.2, 0.25) is 0 Å². The van der Waals surface area contributed by atoms with E-state index in [-0.39, 0.29) is 0 Å². The fourth-order valence-electron chi connectivity index (χ4n) is 1.78. The second kappa shape index (κ2) is 7.08. The van der Waals surface area contributed by atoms with E-state index >= 15 is 0 Å². The second-order valence-electron chi connectivity index (χ2n) is 4.20. The topological polar surface area (TPSA) is 21.3 Å². The lowest BCUT2D eigenvalue weighted by atomic mass is 10.2. The van der Waals surface area contributed by atoms with Crippen LogP contribution in [0.25, 0.3) is 0 Å². The van der Waals surface area contributed by atoms with E-state index in [0.717, 1.165) is 27.8 Å². The van der Waals surface area contributed by atoms with Gasteiger partial charge in [0.1, 0.15) is 5.75 Å². The van der Waals surface area contributed by atoms with Gasteiger partial charge in [0.05, 0.1) is 7.11 Å². The molecule has 0 heterocycles. The predicted octanol–water partition coefficient (Wildman–Crippen LogP) is 4.51. The van der Waals surface area contributed by atoms with Crippen LogP contribution in [-0.4, -0.2) is 7.11 Å². The molecule has 0 radical (unpaired) electrons. The van der Waals surface area contributed by atoms with Gasteiger partial charge < -0.3 is 10.1 Å². The fourth-order valence-corrected chi connectivity index (χ4v) is 2.46. The summed E-state index contributed by atoms with van der Waals surface area (Å²) in [6, 6.07) is 14.4. The summed E-state index contributed by atoms with van der Waals surface area (Å²) < 4.78 is 7.36. The zero-order chi connectivity index (χ0) is 13.7. The lowest BCUT2D eigenvalue weighted by Gasteiger charge is -2.07. The summed E-state index contributed by atoms with van der Waals surface area (Å²) in [6.07, 6.45) is 0. The van der Waals surface area contributed by atoms with Gasteiger partial charge in [-0.25, -0.2) is 0 Å². The van der Waals surface area contributed by atoms with Gasteiger partial charge in [-0.2, -0.15) is 0 Å². The summed E-state index contributed by atoms with van der Waals surface area (Å²) in [7, 11) is 1.69. The molecule has 0 unspecified atom stereocenters.